The summed E-state index contributed by atoms with van der Waals surface area (Å²) in [6.07, 6.45) is 5.42. The van der Waals surface area contributed by atoms with Gasteiger partial charge < -0.3 is 4.74 Å². The average molecular weight is 489 g/mol. The molecule has 2 aromatic heterocycles. The molecule has 1 aliphatic carbocycles. The number of hydrogen-bond acceptors (Lipinski definition) is 8. The van der Waals surface area contributed by atoms with Crippen molar-refractivity contribution in [2.45, 2.75) is 39.0 Å². The normalized spacial score (nSPS) is 16.0. The molecule has 0 radical (unpaired) electrons. The van der Waals surface area contributed by atoms with Crippen LogP contribution in [0.25, 0.3) is 0 Å². The first-order chi connectivity index (χ1) is 15.6. The number of carbonyl (C=O) groups excluding carboxylic acids is 3. The van der Waals surface area contributed by atoms with Crippen molar-refractivity contribution in [3.8, 4) is 0 Å². The van der Waals surface area contributed by atoms with Crippen LogP contribution in [0.1, 0.15) is 56.7 Å². The fraction of sp³-hybridized carbons (Fsp3) is 0.391. The van der Waals surface area contributed by atoms with E-state index in [2.05, 4.69) is 13.0 Å². The summed E-state index contributed by atoms with van der Waals surface area (Å²) < 4.78 is 5.39. The summed E-state index contributed by atoms with van der Waals surface area (Å²) in [5, 5.41) is 4.60. The molecule has 0 atom stereocenters. The van der Waals surface area contributed by atoms with Crippen molar-refractivity contribution in [1.82, 2.24) is 4.90 Å². The number of amides is 1. The molecule has 0 spiro atoms. The van der Waals surface area contributed by atoms with Gasteiger partial charge in [0.2, 0.25) is 5.91 Å². The molecule has 2 aromatic rings. The summed E-state index contributed by atoms with van der Waals surface area (Å²) >= 11 is 4.31. The maximum Gasteiger partial charge on any atom is 0.348 e. The first-order valence-electron chi connectivity index (χ1n) is 10.6. The van der Waals surface area contributed by atoms with Crippen molar-refractivity contribution in [3.63, 3.8) is 0 Å². The zero-order valence-electron chi connectivity index (χ0n) is 17.8. The summed E-state index contributed by atoms with van der Waals surface area (Å²) in [5.41, 5.74) is 1.90. The first kappa shape index (κ1) is 22.9. The van der Waals surface area contributed by atoms with E-state index in [1.165, 1.54) is 22.7 Å². The lowest BCUT2D eigenvalue weighted by Crippen LogP contribution is -2.40. The number of allylic oxidation sites excluding steroid dienone is 1. The molecule has 0 unspecified atom stereocenters. The van der Waals surface area contributed by atoms with Gasteiger partial charge in [-0.15, -0.1) is 34.4 Å². The van der Waals surface area contributed by atoms with Gasteiger partial charge in [0.25, 0.3) is 0 Å². The number of Topliss-reactive ketones (excluding diaryl/α,β-unsaturated/α-hetero) is 1. The first-order valence-corrected chi connectivity index (χ1v) is 13.4. The number of ketones is 1. The number of nitrogens with zero attached hydrogens (tertiary/aromatic N) is 2. The molecule has 4 rings (SSSR count). The van der Waals surface area contributed by atoms with Crippen LogP contribution >= 0.6 is 34.4 Å². The summed E-state index contributed by atoms with van der Waals surface area (Å²) in [6.45, 7) is 2.42. The summed E-state index contributed by atoms with van der Waals surface area (Å²) in [6, 6.07) is 3.52. The molecule has 0 fully saturated rings. The minimum atomic E-state index is -0.382. The third kappa shape index (κ3) is 5.05. The molecule has 0 aromatic carbocycles. The zero-order valence-corrected chi connectivity index (χ0v) is 20.2. The molecule has 168 valence electrons. The van der Waals surface area contributed by atoms with E-state index in [1.54, 1.807) is 28.8 Å². The van der Waals surface area contributed by atoms with Crippen LogP contribution in [0.2, 0.25) is 0 Å². The van der Waals surface area contributed by atoms with E-state index in [-0.39, 0.29) is 37.2 Å². The highest BCUT2D eigenvalue weighted by Crippen LogP contribution is 2.41. The van der Waals surface area contributed by atoms with Crippen molar-refractivity contribution in [3.05, 3.63) is 49.9 Å². The fourth-order valence-electron chi connectivity index (χ4n) is 3.70. The number of thiophene rings is 2. The van der Waals surface area contributed by atoms with E-state index < -0.39 is 0 Å². The third-order valence-electron chi connectivity index (χ3n) is 5.26. The number of ether oxygens (including phenoxy) is 1. The van der Waals surface area contributed by atoms with E-state index in [9.17, 15) is 14.4 Å². The highest BCUT2D eigenvalue weighted by atomic mass is 32.2. The predicted molar refractivity (Wildman–Crippen MR) is 131 cm³/mol. The predicted octanol–water partition coefficient (Wildman–Crippen LogP) is 5.26. The fourth-order valence-corrected chi connectivity index (χ4v) is 6.34. The Morgan fingerprint density at radius 2 is 2.19 bits per heavy atom. The van der Waals surface area contributed by atoms with Gasteiger partial charge >= 0.3 is 5.97 Å². The molecule has 1 aliphatic heterocycles. The Kier molecular flexibility index (Phi) is 7.59. The number of carbonyl (C=O) groups is 3. The Balaban J connectivity index is 1.55. The van der Waals surface area contributed by atoms with E-state index in [0.29, 0.717) is 22.9 Å². The second-order valence-electron chi connectivity index (χ2n) is 7.42. The van der Waals surface area contributed by atoms with Crippen molar-refractivity contribution < 1.29 is 19.1 Å². The van der Waals surface area contributed by atoms with E-state index in [4.69, 9.17) is 9.73 Å². The summed E-state index contributed by atoms with van der Waals surface area (Å²) in [5.74, 6) is 0.863. The van der Waals surface area contributed by atoms with Crippen LogP contribution in [0.3, 0.4) is 0 Å². The molecule has 6 nitrogen and oxygen atoms in total. The number of rotatable bonds is 8. The van der Waals surface area contributed by atoms with E-state index in [1.807, 2.05) is 10.8 Å². The number of esters is 1. The van der Waals surface area contributed by atoms with Crippen molar-refractivity contribution in [2.75, 3.05) is 18.9 Å². The van der Waals surface area contributed by atoms with Gasteiger partial charge in [-0.1, -0.05) is 19.1 Å². The maximum atomic E-state index is 13.2. The molecular weight excluding hydrogens is 464 g/mol. The smallest absolute Gasteiger partial charge is 0.348 e. The molecule has 2 aliphatic rings. The molecule has 3 heterocycles. The summed E-state index contributed by atoms with van der Waals surface area (Å²) in [4.78, 5) is 45.6. The van der Waals surface area contributed by atoms with Crippen LogP contribution in [0.4, 0.5) is 5.00 Å². The van der Waals surface area contributed by atoms with Crippen LogP contribution < -0.4 is 0 Å². The highest BCUT2D eigenvalue weighted by Gasteiger charge is 2.32. The lowest BCUT2D eigenvalue weighted by atomic mass is 9.93. The Morgan fingerprint density at radius 1 is 1.31 bits per heavy atom. The van der Waals surface area contributed by atoms with E-state index in [0.717, 1.165) is 40.3 Å². The lowest BCUT2D eigenvalue weighted by molar-refractivity contribution is -0.127. The van der Waals surface area contributed by atoms with Crippen LogP contribution in [-0.4, -0.2) is 47.3 Å². The third-order valence-corrected chi connectivity index (χ3v) is 8.13. The van der Waals surface area contributed by atoms with Gasteiger partial charge in [-0.2, -0.15) is 0 Å². The SMILES string of the molecule is CC/C=C\SCC1=Nc2sc3c(c2CC(=O)N1CCOC(=O)c1cccs1)CCCC3=O. The van der Waals surface area contributed by atoms with Crippen LogP contribution in [0.5, 0.6) is 0 Å². The molecule has 0 bridgehead atoms. The minimum absolute atomic E-state index is 0.0756. The van der Waals surface area contributed by atoms with Gasteiger partial charge in [-0.3, -0.25) is 14.5 Å². The van der Waals surface area contributed by atoms with Crippen LogP contribution in [-0.2, 0) is 22.4 Å². The van der Waals surface area contributed by atoms with Gasteiger partial charge in [-0.05, 0) is 41.7 Å². The molecule has 1 amide bonds. The van der Waals surface area contributed by atoms with Crippen LogP contribution in [0.15, 0.2) is 34.0 Å². The average Bonchev–Trinajstić information content (AvgIpc) is 3.41. The lowest BCUT2D eigenvalue weighted by Gasteiger charge is -2.22. The van der Waals surface area contributed by atoms with Crippen molar-refractivity contribution >= 4 is 62.9 Å². The Morgan fingerprint density at radius 3 is 2.97 bits per heavy atom. The Hall–Kier alpha value is -2.23. The standard InChI is InChI=1S/C23H24N2O4S3/c1-2-3-11-30-14-19-24-22-16(15-6-4-7-17(26)21(15)32-22)13-20(27)25(19)9-10-29-23(28)18-8-5-12-31-18/h3,5,8,11-12H,2,4,6-7,9-10,13-14H2,1H3/b11-3-. The number of hydrogen-bond donors (Lipinski definition) is 0. The second kappa shape index (κ2) is 10.6. The molecule has 9 heteroatoms. The highest BCUT2D eigenvalue weighted by molar-refractivity contribution is 8.02. The van der Waals surface area contributed by atoms with Gasteiger partial charge in [0.15, 0.2) is 5.78 Å². The minimum Gasteiger partial charge on any atom is -0.460 e. The van der Waals surface area contributed by atoms with Crippen molar-refractivity contribution in [1.29, 1.82) is 0 Å². The quantitative estimate of drug-likeness (QED) is 0.474. The topological polar surface area (TPSA) is 76.0 Å². The molecule has 0 saturated heterocycles. The van der Waals surface area contributed by atoms with Gasteiger partial charge in [0.05, 0.1) is 23.6 Å². The zero-order chi connectivity index (χ0) is 22.5. The van der Waals surface area contributed by atoms with Gasteiger partial charge in [0.1, 0.15) is 22.3 Å². The number of amidine groups is 1. The molecule has 0 N–H and O–H groups in total. The van der Waals surface area contributed by atoms with E-state index >= 15 is 0 Å². The van der Waals surface area contributed by atoms with Crippen molar-refractivity contribution in [2.24, 2.45) is 4.99 Å². The number of thioether (sulfide) groups is 1. The maximum absolute atomic E-state index is 13.2. The largest absolute Gasteiger partial charge is 0.460 e. The Bertz CT molecular complexity index is 1070. The molecular formula is C23H24N2O4S3. The number of aliphatic imine (C=N–C) groups is 1. The summed E-state index contributed by atoms with van der Waals surface area (Å²) in [7, 11) is 0. The Labute approximate surface area is 199 Å². The van der Waals surface area contributed by atoms with Gasteiger partial charge in [0, 0.05) is 12.0 Å². The monoisotopic (exact) mass is 488 g/mol. The van der Waals surface area contributed by atoms with Gasteiger partial charge in [-0.25, -0.2) is 9.79 Å². The molecule has 0 saturated carbocycles. The second-order valence-corrected chi connectivity index (χ2v) is 10.3. The van der Waals surface area contributed by atoms with Crippen LogP contribution in [0, 0.1) is 0 Å². The molecule has 32 heavy (non-hydrogen) atoms. The number of fused-ring (bicyclic) bond motifs is 3.